The van der Waals surface area contributed by atoms with Gasteiger partial charge in [0, 0.05) is 16.7 Å². The summed E-state index contributed by atoms with van der Waals surface area (Å²) in [6.45, 7) is 2.47. The molecule has 0 bridgehead atoms. The first-order chi connectivity index (χ1) is 9.13. The molecule has 100 valence electrons. The van der Waals surface area contributed by atoms with Crippen molar-refractivity contribution < 1.29 is 4.74 Å². The Balaban J connectivity index is 1.97. The lowest BCUT2D eigenvalue weighted by molar-refractivity contribution is 0.301. The van der Waals surface area contributed by atoms with Crippen LogP contribution in [0.15, 0.2) is 47.1 Å². The van der Waals surface area contributed by atoms with Crippen molar-refractivity contribution in [2.75, 3.05) is 0 Å². The van der Waals surface area contributed by atoms with E-state index in [1.54, 1.807) is 6.20 Å². The van der Waals surface area contributed by atoms with Crippen LogP contribution >= 0.6 is 15.9 Å². The third-order valence-electron chi connectivity index (χ3n) is 2.63. The van der Waals surface area contributed by atoms with Crippen LogP contribution < -0.4 is 10.5 Å². The van der Waals surface area contributed by atoms with Crippen LogP contribution in [0.25, 0.3) is 0 Å². The second-order valence-electron chi connectivity index (χ2n) is 4.59. The Morgan fingerprint density at radius 3 is 2.84 bits per heavy atom. The summed E-state index contributed by atoms with van der Waals surface area (Å²) in [6, 6.07) is 12.1. The van der Waals surface area contributed by atoms with Crippen molar-refractivity contribution in [1.29, 1.82) is 0 Å². The fourth-order valence-electron chi connectivity index (χ4n) is 1.78. The molecule has 1 heterocycles. The molecule has 1 unspecified atom stereocenters. The highest BCUT2D eigenvalue weighted by molar-refractivity contribution is 9.10. The lowest BCUT2D eigenvalue weighted by Gasteiger charge is -2.09. The summed E-state index contributed by atoms with van der Waals surface area (Å²) >= 11 is 3.36. The van der Waals surface area contributed by atoms with E-state index in [9.17, 15) is 0 Å². The summed E-state index contributed by atoms with van der Waals surface area (Å²) in [5, 5.41) is 0. The molecule has 0 aliphatic heterocycles. The van der Waals surface area contributed by atoms with Gasteiger partial charge in [0.1, 0.15) is 12.4 Å². The molecular formula is C15H17BrN2O. The highest BCUT2D eigenvalue weighted by Crippen LogP contribution is 2.16. The Kier molecular flexibility index (Phi) is 4.93. The number of pyridine rings is 1. The second kappa shape index (κ2) is 6.68. The Labute approximate surface area is 121 Å². The molecule has 1 aromatic carbocycles. The third kappa shape index (κ3) is 4.65. The summed E-state index contributed by atoms with van der Waals surface area (Å²) in [4.78, 5) is 4.27. The highest BCUT2D eigenvalue weighted by Gasteiger charge is 2.01. The van der Waals surface area contributed by atoms with Crippen molar-refractivity contribution in [3.63, 3.8) is 0 Å². The van der Waals surface area contributed by atoms with Gasteiger partial charge in [-0.2, -0.15) is 0 Å². The zero-order valence-electron chi connectivity index (χ0n) is 10.8. The molecule has 3 nitrogen and oxygen atoms in total. The van der Waals surface area contributed by atoms with Crippen molar-refractivity contribution in [3.05, 3.63) is 58.3 Å². The number of aromatic nitrogens is 1. The van der Waals surface area contributed by atoms with E-state index in [-0.39, 0.29) is 6.04 Å². The molecule has 0 amide bonds. The summed E-state index contributed by atoms with van der Waals surface area (Å²) in [7, 11) is 0. The molecule has 0 saturated heterocycles. The van der Waals surface area contributed by atoms with Crippen molar-refractivity contribution in [3.8, 4) is 5.75 Å². The van der Waals surface area contributed by atoms with Gasteiger partial charge in [0.25, 0.3) is 0 Å². The lowest BCUT2D eigenvalue weighted by atomic mass is 10.1. The quantitative estimate of drug-likeness (QED) is 0.919. The highest BCUT2D eigenvalue weighted by atomic mass is 79.9. The number of benzene rings is 1. The molecule has 0 saturated carbocycles. The lowest BCUT2D eigenvalue weighted by Crippen LogP contribution is -2.17. The summed E-state index contributed by atoms with van der Waals surface area (Å²) in [5.74, 6) is 0.850. The predicted molar refractivity (Wildman–Crippen MR) is 80.1 cm³/mol. The van der Waals surface area contributed by atoms with E-state index in [1.807, 2.05) is 37.3 Å². The van der Waals surface area contributed by atoms with Crippen molar-refractivity contribution >= 4 is 15.9 Å². The van der Waals surface area contributed by atoms with Crippen molar-refractivity contribution in [2.45, 2.75) is 26.0 Å². The SMILES string of the molecule is CC(N)Cc1cccc(OCc2ccc(Br)cn2)c1. The van der Waals surface area contributed by atoms with E-state index in [2.05, 4.69) is 27.0 Å². The molecule has 2 aromatic rings. The maximum absolute atomic E-state index is 5.80. The van der Waals surface area contributed by atoms with E-state index in [1.165, 1.54) is 5.56 Å². The minimum Gasteiger partial charge on any atom is -0.487 e. The molecule has 19 heavy (non-hydrogen) atoms. The molecular weight excluding hydrogens is 304 g/mol. The molecule has 1 aromatic heterocycles. The van der Waals surface area contributed by atoms with E-state index in [0.29, 0.717) is 6.61 Å². The topological polar surface area (TPSA) is 48.1 Å². The second-order valence-corrected chi connectivity index (χ2v) is 5.50. The fourth-order valence-corrected chi connectivity index (χ4v) is 2.02. The number of hydrogen-bond donors (Lipinski definition) is 1. The fraction of sp³-hybridized carbons (Fsp3) is 0.267. The van der Waals surface area contributed by atoms with Crippen LogP contribution in [0, 0.1) is 0 Å². The van der Waals surface area contributed by atoms with E-state index in [0.717, 1.165) is 22.3 Å². The van der Waals surface area contributed by atoms with Crippen LogP contribution in [-0.4, -0.2) is 11.0 Å². The monoisotopic (exact) mass is 320 g/mol. The molecule has 0 aliphatic rings. The van der Waals surface area contributed by atoms with Gasteiger partial charge in [0.05, 0.1) is 5.69 Å². The molecule has 1 atom stereocenters. The standard InChI is InChI=1S/C15H17BrN2O/c1-11(17)7-12-3-2-4-15(8-12)19-10-14-6-5-13(16)9-18-14/h2-6,8-9,11H,7,10,17H2,1H3. The van der Waals surface area contributed by atoms with Crippen molar-refractivity contribution in [2.24, 2.45) is 5.73 Å². The number of nitrogens with two attached hydrogens (primary N) is 1. The number of halogens is 1. The molecule has 0 aliphatic carbocycles. The van der Waals surface area contributed by atoms with Gasteiger partial charge in [-0.3, -0.25) is 4.98 Å². The average Bonchev–Trinajstić information content (AvgIpc) is 2.38. The largest absolute Gasteiger partial charge is 0.487 e. The minimum atomic E-state index is 0.156. The predicted octanol–water partition coefficient (Wildman–Crippen LogP) is 3.31. The Bertz CT molecular complexity index is 526. The van der Waals surface area contributed by atoms with E-state index < -0.39 is 0 Å². The Morgan fingerprint density at radius 1 is 1.32 bits per heavy atom. The Hall–Kier alpha value is -1.39. The van der Waals surface area contributed by atoms with E-state index in [4.69, 9.17) is 10.5 Å². The van der Waals surface area contributed by atoms with Gasteiger partial charge < -0.3 is 10.5 Å². The molecule has 4 heteroatoms. The number of rotatable bonds is 5. The third-order valence-corrected chi connectivity index (χ3v) is 3.10. The Morgan fingerprint density at radius 2 is 2.16 bits per heavy atom. The molecule has 0 fully saturated rings. The number of nitrogens with zero attached hydrogens (tertiary/aromatic N) is 1. The molecule has 0 spiro atoms. The summed E-state index contributed by atoms with van der Waals surface area (Å²) < 4.78 is 6.70. The zero-order valence-corrected chi connectivity index (χ0v) is 12.4. The van der Waals surface area contributed by atoms with Gasteiger partial charge in [-0.25, -0.2) is 0 Å². The van der Waals surface area contributed by atoms with Gasteiger partial charge in [-0.1, -0.05) is 12.1 Å². The smallest absolute Gasteiger partial charge is 0.130 e. The zero-order chi connectivity index (χ0) is 13.7. The van der Waals surface area contributed by atoms with E-state index >= 15 is 0 Å². The van der Waals surface area contributed by atoms with Gasteiger partial charge in [-0.15, -0.1) is 0 Å². The van der Waals surface area contributed by atoms with Crippen molar-refractivity contribution in [1.82, 2.24) is 4.98 Å². The number of ether oxygens (including phenoxy) is 1. The average molecular weight is 321 g/mol. The minimum absolute atomic E-state index is 0.156. The molecule has 2 rings (SSSR count). The van der Waals surface area contributed by atoms with Crippen LogP contribution in [0.2, 0.25) is 0 Å². The molecule has 0 radical (unpaired) electrons. The maximum Gasteiger partial charge on any atom is 0.130 e. The first-order valence-corrected chi connectivity index (χ1v) is 7.00. The first-order valence-electron chi connectivity index (χ1n) is 6.21. The van der Waals surface area contributed by atoms with Gasteiger partial charge in [-0.05, 0) is 59.1 Å². The maximum atomic E-state index is 5.80. The van der Waals surface area contributed by atoms with Crippen LogP contribution in [-0.2, 0) is 13.0 Å². The van der Waals surface area contributed by atoms with Crippen LogP contribution in [0.4, 0.5) is 0 Å². The van der Waals surface area contributed by atoms with Gasteiger partial charge >= 0.3 is 0 Å². The molecule has 2 N–H and O–H groups in total. The van der Waals surface area contributed by atoms with Crippen LogP contribution in [0.3, 0.4) is 0 Å². The van der Waals surface area contributed by atoms with Gasteiger partial charge in [0.2, 0.25) is 0 Å². The summed E-state index contributed by atoms with van der Waals surface area (Å²) in [6.07, 6.45) is 2.62. The first kappa shape index (κ1) is 14.0. The van der Waals surface area contributed by atoms with Crippen LogP contribution in [0.1, 0.15) is 18.2 Å². The van der Waals surface area contributed by atoms with Gasteiger partial charge in [0.15, 0.2) is 0 Å². The van der Waals surface area contributed by atoms with Crippen LogP contribution in [0.5, 0.6) is 5.75 Å². The summed E-state index contributed by atoms with van der Waals surface area (Å²) in [5.41, 5.74) is 7.89. The number of hydrogen-bond acceptors (Lipinski definition) is 3. The normalized spacial score (nSPS) is 12.2.